The van der Waals surface area contributed by atoms with Crippen molar-refractivity contribution in [3.8, 4) is 5.75 Å². The molecule has 20 heavy (non-hydrogen) atoms. The van der Waals surface area contributed by atoms with Crippen LogP contribution in [0.15, 0.2) is 22.7 Å². The average molecular weight is 344 g/mol. The van der Waals surface area contributed by atoms with Gasteiger partial charge in [0.1, 0.15) is 18.5 Å². The third-order valence-corrected chi connectivity index (χ3v) is 3.98. The molecule has 1 heterocycles. The fraction of sp³-hybridized carbons (Fsp3) is 0.600. The van der Waals surface area contributed by atoms with Gasteiger partial charge in [0.25, 0.3) is 0 Å². The van der Waals surface area contributed by atoms with E-state index in [9.17, 15) is 5.11 Å². The number of aliphatic hydroxyl groups excluding tert-OH is 1. The van der Waals surface area contributed by atoms with Crippen molar-refractivity contribution in [1.29, 1.82) is 0 Å². The summed E-state index contributed by atoms with van der Waals surface area (Å²) in [4.78, 5) is 0. The van der Waals surface area contributed by atoms with Crippen LogP contribution in [0.3, 0.4) is 0 Å². The van der Waals surface area contributed by atoms with Crippen LogP contribution in [0.2, 0.25) is 0 Å². The highest BCUT2D eigenvalue weighted by molar-refractivity contribution is 9.10. The summed E-state index contributed by atoms with van der Waals surface area (Å²) >= 11 is 3.46. The Kier molecular flexibility index (Phi) is 6.29. The van der Waals surface area contributed by atoms with Gasteiger partial charge in [-0.05, 0) is 52.9 Å². The van der Waals surface area contributed by atoms with Crippen molar-refractivity contribution >= 4 is 15.9 Å². The van der Waals surface area contributed by atoms with Gasteiger partial charge < -0.3 is 19.9 Å². The van der Waals surface area contributed by atoms with E-state index in [-0.39, 0.29) is 6.61 Å². The van der Waals surface area contributed by atoms with Crippen LogP contribution < -0.4 is 10.1 Å². The summed E-state index contributed by atoms with van der Waals surface area (Å²) in [6.07, 6.45) is 0.598. The predicted molar refractivity (Wildman–Crippen MR) is 82.2 cm³/mol. The normalized spacial score (nSPS) is 20.1. The first kappa shape index (κ1) is 15.8. The van der Waals surface area contributed by atoms with Gasteiger partial charge in [0.05, 0.1) is 11.1 Å². The lowest BCUT2D eigenvalue weighted by atomic mass is 10.1. The number of aliphatic hydroxyl groups is 1. The molecular weight excluding hydrogens is 322 g/mol. The standard InChI is InChI=1S/C15H22BrNO3/c1-11-2-3-15(14(16)6-11)20-10-13(18)8-17-7-12-4-5-19-9-12/h2-3,6,12-13,17-18H,4-5,7-10H2,1H3. The van der Waals surface area contributed by atoms with E-state index >= 15 is 0 Å². The molecule has 1 saturated heterocycles. The largest absolute Gasteiger partial charge is 0.490 e. The van der Waals surface area contributed by atoms with Crippen molar-refractivity contribution in [3.63, 3.8) is 0 Å². The van der Waals surface area contributed by atoms with Crippen molar-refractivity contribution in [2.24, 2.45) is 5.92 Å². The lowest BCUT2D eigenvalue weighted by molar-refractivity contribution is 0.104. The van der Waals surface area contributed by atoms with Crippen molar-refractivity contribution in [3.05, 3.63) is 28.2 Å². The number of aryl methyl sites for hydroxylation is 1. The molecule has 2 rings (SSSR count). The van der Waals surface area contributed by atoms with Crippen molar-refractivity contribution in [1.82, 2.24) is 5.32 Å². The second-order valence-corrected chi connectivity index (χ2v) is 6.14. The Morgan fingerprint density at radius 1 is 1.55 bits per heavy atom. The highest BCUT2D eigenvalue weighted by Crippen LogP contribution is 2.25. The van der Waals surface area contributed by atoms with Gasteiger partial charge in [-0.15, -0.1) is 0 Å². The molecule has 2 atom stereocenters. The highest BCUT2D eigenvalue weighted by atomic mass is 79.9. The van der Waals surface area contributed by atoms with Gasteiger partial charge in [0.2, 0.25) is 0 Å². The molecule has 1 aromatic rings. The number of hydrogen-bond donors (Lipinski definition) is 2. The molecule has 112 valence electrons. The Hall–Kier alpha value is -0.620. The van der Waals surface area contributed by atoms with E-state index in [4.69, 9.17) is 9.47 Å². The van der Waals surface area contributed by atoms with Crippen molar-refractivity contribution < 1.29 is 14.6 Å². The maximum absolute atomic E-state index is 9.90. The number of halogens is 1. The van der Waals surface area contributed by atoms with Crippen LogP contribution in [0.1, 0.15) is 12.0 Å². The van der Waals surface area contributed by atoms with Crippen LogP contribution in [0.4, 0.5) is 0 Å². The summed E-state index contributed by atoms with van der Waals surface area (Å²) in [5, 5.41) is 13.2. The Labute approximate surface area is 128 Å². The maximum atomic E-state index is 9.90. The molecule has 2 N–H and O–H groups in total. The molecule has 0 bridgehead atoms. The SMILES string of the molecule is Cc1ccc(OCC(O)CNCC2CCOC2)c(Br)c1. The molecule has 0 spiro atoms. The van der Waals surface area contributed by atoms with Crippen molar-refractivity contribution in [2.75, 3.05) is 32.9 Å². The minimum atomic E-state index is -0.509. The van der Waals surface area contributed by atoms with Gasteiger partial charge in [-0.1, -0.05) is 6.07 Å². The van der Waals surface area contributed by atoms with E-state index in [1.807, 2.05) is 25.1 Å². The van der Waals surface area contributed by atoms with Crippen LogP contribution in [0.25, 0.3) is 0 Å². The lowest BCUT2D eigenvalue weighted by Gasteiger charge is -2.15. The molecule has 0 saturated carbocycles. The van der Waals surface area contributed by atoms with Crippen LogP contribution in [-0.4, -0.2) is 44.1 Å². The topological polar surface area (TPSA) is 50.7 Å². The number of benzene rings is 1. The summed E-state index contributed by atoms with van der Waals surface area (Å²) in [6, 6.07) is 5.90. The molecule has 1 aromatic carbocycles. The number of rotatable bonds is 7. The number of nitrogens with one attached hydrogen (secondary N) is 1. The van der Waals surface area contributed by atoms with E-state index in [0.29, 0.717) is 12.5 Å². The molecule has 0 aliphatic carbocycles. The van der Waals surface area contributed by atoms with Gasteiger partial charge >= 0.3 is 0 Å². The zero-order chi connectivity index (χ0) is 14.4. The molecule has 1 fully saturated rings. The summed E-state index contributed by atoms with van der Waals surface area (Å²) in [7, 11) is 0. The van der Waals surface area contributed by atoms with Crippen LogP contribution in [-0.2, 0) is 4.74 Å². The summed E-state index contributed by atoms with van der Waals surface area (Å²) in [5.41, 5.74) is 1.17. The molecule has 0 radical (unpaired) electrons. The second kappa shape index (κ2) is 7.98. The van der Waals surface area contributed by atoms with E-state index < -0.39 is 6.10 Å². The number of ether oxygens (including phenoxy) is 2. The van der Waals surface area contributed by atoms with Gasteiger partial charge in [-0.2, -0.15) is 0 Å². The van der Waals surface area contributed by atoms with E-state index in [2.05, 4.69) is 21.2 Å². The molecule has 2 unspecified atom stereocenters. The predicted octanol–water partition coefficient (Wildman–Crippen LogP) is 2.12. The Balaban J connectivity index is 1.65. The van der Waals surface area contributed by atoms with Gasteiger partial charge in [-0.3, -0.25) is 0 Å². The smallest absolute Gasteiger partial charge is 0.133 e. The molecule has 0 aromatic heterocycles. The van der Waals surface area contributed by atoms with Gasteiger partial charge in [0, 0.05) is 19.7 Å². The molecule has 4 nitrogen and oxygen atoms in total. The highest BCUT2D eigenvalue weighted by Gasteiger charge is 2.15. The van der Waals surface area contributed by atoms with Crippen LogP contribution in [0, 0.1) is 12.8 Å². The molecule has 5 heteroatoms. The zero-order valence-corrected chi connectivity index (χ0v) is 13.4. The third-order valence-electron chi connectivity index (χ3n) is 3.36. The third kappa shape index (κ3) is 5.05. The minimum absolute atomic E-state index is 0.288. The average Bonchev–Trinajstić information content (AvgIpc) is 2.91. The first-order valence-corrected chi connectivity index (χ1v) is 7.80. The quantitative estimate of drug-likeness (QED) is 0.796. The Bertz CT molecular complexity index is 422. The Morgan fingerprint density at radius 2 is 2.40 bits per heavy atom. The summed E-state index contributed by atoms with van der Waals surface area (Å²) in [5.74, 6) is 1.34. The van der Waals surface area contributed by atoms with E-state index in [0.717, 1.165) is 36.4 Å². The van der Waals surface area contributed by atoms with Crippen LogP contribution >= 0.6 is 15.9 Å². The molecule has 1 aliphatic heterocycles. The van der Waals surface area contributed by atoms with Crippen molar-refractivity contribution in [2.45, 2.75) is 19.4 Å². The Morgan fingerprint density at radius 3 is 3.10 bits per heavy atom. The fourth-order valence-corrected chi connectivity index (χ4v) is 2.77. The zero-order valence-electron chi connectivity index (χ0n) is 11.8. The minimum Gasteiger partial charge on any atom is -0.490 e. The number of hydrogen-bond acceptors (Lipinski definition) is 4. The van der Waals surface area contributed by atoms with E-state index in [1.54, 1.807) is 0 Å². The van der Waals surface area contributed by atoms with Crippen LogP contribution in [0.5, 0.6) is 5.75 Å². The second-order valence-electron chi connectivity index (χ2n) is 5.29. The summed E-state index contributed by atoms with van der Waals surface area (Å²) in [6.45, 7) is 5.44. The molecular formula is C15H22BrNO3. The van der Waals surface area contributed by atoms with Gasteiger partial charge in [0.15, 0.2) is 0 Å². The molecule has 1 aliphatic rings. The summed E-state index contributed by atoms with van der Waals surface area (Å²) < 4.78 is 11.8. The first-order chi connectivity index (χ1) is 9.65. The first-order valence-electron chi connectivity index (χ1n) is 7.00. The van der Waals surface area contributed by atoms with E-state index in [1.165, 1.54) is 5.56 Å². The molecule has 0 amide bonds. The maximum Gasteiger partial charge on any atom is 0.133 e. The fourth-order valence-electron chi connectivity index (χ4n) is 2.17. The van der Waals surface area contributed by atoms with Gasteiger partial charge in [-0.25, -0.2) is 0 Å². The lowest BCUT2D eigenvalue weighted by Crippen LogP contribution is -2.34. The monoisotopic (exact) mass is 343 g/mol.